The van der Waals surface area contributed by atoms with E-state index in [0.29, 0.717) is 22.9 Å². The number of benzene rings is 1. The number of carbonyl (C=O) groups is 1. The molecule has 0 fully saturated rings. The molecule has 6 nitrogen and oxygen atoms in total. The molecule has 0 amide bonds. The SMILES string of the molecule is COC(=O)c1cnc(-c2ccc(OC)cc2OC)nc1Cl. The van der Waals surface area contributed by atoms with Crippen molar-refractivity contribution in [1.82, 2.24) is 9.97 Å². The van der Waals surface area contributed by atoms with Crippen molar-refractivity contribution in [3.05, 3.63) is 35.1 Å². The van der Waals surface area contributed by atoms with Crippen LogP contribution in [0.15, 0.2) is 24.4 Å². The fraction of sp³-hybridized carbons (Fsp3) is 0.214. The first-order valence-electron chi connectivity index (χ1n) is 5.94. The molecule has 110 valence electrons. The van der Waals surface area contributed by atoms with Crippen molar-refractivity contribution in [3.63, 3.8) is 0 Å². The molecule has 0 spiro atoms. The Morgan fingerprint density at radius 2 is 1.95 bits per heavy atom. The Balaban J connectivity index is 2.47. The smallest absolute Gasteiger partial charge is 0.342 e. The lowest BCUT2D eigenvalue weighted by molar-refractivity contribution is 0.0600. The monoisotopic (exact) mass is 308 g/mol. The molecule has 0 unspecified atom stereocenters. The lowest BCUT2D eigenvalue weighted by Crippen LogP contribution is -2.05. The minimum atomic E-state index is -0.590. The predicted octanol–water partition coefficient (Wildman–Crippen LogP) is 2.60. The minimum absolute atomic E-state index is 0.0183. The van der Waals surface area contributed by atoms with E-state index in [1.54, 1.807) is 25.3 Å². The standard InChI is InChI=1S/C14H13ClN2O4/c1-19-8-4-5-9(11(6-8)20-2)13-16-7-10(12(15)17-13)14(18)21-3/h4-7H,1-3H3. The summed E-state index contributed by atoms with van der Waals surface area (Å²) < 4.78 is 15.0. The van der Waals surface area contributed by atoms with E-state index < -0.39 is 5.97 Å². The van der Waals surface area contributed by atoms with E-state index in [2.05, 4.69) is 14.7 Å². The summed E-state index contributed by atoms with van der Waals surface area (Å²) in [5, 5.41) is 0.0183. The Morgan fingerprint density at radius 1 is 1.19 bits per heavy atom. The molecule has 0 aliphatic heterocycles. The van der Waals surface area contributed by atoms with Crippen LogP contribution in [0.4, 0.5) is 0 Å². The van der Waals surface area contributed by atoms with Gasteiger partial charge < -0.3 is 14.2 Å². The third-order valence-electron chi connectivity index (χ3n) is 2.80. The van der Waals surface area contributed by atoms with Crippen molar-refractivity contribution in [1.29, 1.82) is 0 Å². The Labute approximate surface area is 126 Å². The van der Waals surface area contributed by atoms with Crippen LogP contribution in [0.25, 0.3) is 11.4 Å². The first kappa shape index (κ1) is 15.1. The van der Waals surface area contributed by atoms with Gasteiger partial charge in [0.2, 0.25) is 0 Å². The van der Waals surface area contributed by atoms with Crippen LogP contribution in [-0.4, -0.2) is 37.3 Å². The third kappa shape index (κ3) is 3.05. The van der Waals surface area contributed by atoms with Crippen LogP contribution in [0.3, 0.4) is 0 Å². The fourth-order valence-electron chi connectivity index (χ4n) is 1.72. The molecule has 21 heavy (non-hydrogen) atoms. The summed E-state index contributed by atoms with van der Waals surface area (Å²) in [4.78, 5) is 19.7. The highest BCUT2D eigenvalue weighted by Gasteiger charge is 2.16. The molecule has 0 N–H and O–H groups in total. The third-order valence-corrected chi connectivity index (χ3v) is 3.09. The van der Waals surface area contributed by atoms with E-state index in [1.807, 2.05) is 0 Å². The molecule has 1 heterocycles. The van der Waals surface area contributed by atoms with E-state index >= 15 is 0 Å². The van der Waals surface area contributed by atoms with Crippen molar-refractivity contribution < 1.29 is 19.0 Å². The molecule has 0 atom stereocenters. The summed E-state index contributed by atoms with van der Waals surface area (Å²) in [6, 6.07) is 5.21. The van der Waals surface area contributed by atoms with Crippen LogP contribution in [0.5, 0.6) is 11.5 Å². The second-order valence-corrected chi connectivity index (χ2v) is 4.31. The van der Waals surface area contributed by atoms with Crippen LogP contribution >= 0.6 is 11.6 Å². The zero-order valence-corrected chi connectivity index (χ0v) is 12.5. The normalized spacial score (nSPS) is 10.1. The lowest BCUT2D eigenvalue weighted by atomic mass is 10.1. The van der Waals surface area contributed by atoms with E-state index in [4.69, 9.17) is 21.1 Å². The van der Waals surface area contributed by atoms with Gasteiger partial charge in [0.05, 0.1) is 26.9 Å². The van der Waals surface area contributed by atoms with Crippen molar-refractivity contribution in [2.45, 2.75) is 0 Å². The van der Waals surface area contributed by atoms with Gasteiger partial charge in [0.15, 0.2) is 5.82 Å². The highest BCUT2D eigenvalue weighted by Crippen LogP contribution is 2.32. The molecule has 0 radical (unpaired) electrons. The predicted molar refractivity (Wildman–Crippen MR) is 76.9 cm³/mol. The average Bonchev–Trinajstić information content (AvgIpc) is 2.53. The van der Waals surface area contributed by atoms with Crippen molar-refractivity contribution in [2.75, 3.05) is 21.3 Å². The number of hydrogen-bond acceptors (Lipinski definition) is 6. The van der Waals surface area contributed by atoms with Gasteiger partial charge in [-0.1, -0.05) is 11.6 Å². The van der Waals surface area contributed by atoms with Gasteiger partial charge in [0.25, 0.3) is 0 Å². The van der Waals surface area contributed by atoms with Gasteiger partial charge in [-0.2, -0.15) is 0 Å². The van der Waals surface area contributed by atoms with Gasteiger partial charge in [0.1, 0.15) is 22.2 Å². The zero-order valence-electron chi connectivity index (χ0n) is 11.7. The molecule has 1 aromatic heterocycles. The Hall–Kier alpha value is -2.34. The molecule has 2 rings (SSSR count). The van der Waals surface area contributed by atoms with Crippen LogP contribution < -0.4 is 9.47 Å². The Morgan fingerprint density at radius 3 is 2.52 bits per heavy atom. The van der Waals surface area contributed by atoms with Crippen LogP contribution in [0.2, 0.25) is 5.15 Å². The number of esters is 1. The van der Waals surface area contributed by atoms with Gasteiger partial charge in [-0.3, -0.25) is 0 Å². The topological polar surface area (TPSA) is 70.5 Å². The van der Waals surface area contributed by atoms with Crippen LogP contribution in [0.1, 0.15) is 10.4 Å². The molecule has 0 saturated heterocycles. The summed E-state index contributed by atoms with van der Waals surface area (Å²) in [5.74, 6) is 0.935. The van der Waals surface area contributed by atoms with Gasteiger partial charge in [-0.15, -0.1) is 0 Å². The number of nitrogens with zero attached hydrogens (tertiary/aromatic N) is 2. The summed E-state index contributed by atoms with van der Waals surface area (Å²) >= 11 is 5.99. The number of aromatic nitrogens is 2. The van der Waals surface area contributed by atoms with E-state index in [9.17, 15) is 4.79 Å². The van der Waals surface area contributed by atoms with E-state index in [-0.39, 0.29) is 10.7 Å². The Kier molecular flexibility index (Phi) is 4.59. The number of rotatable bonds is 4. The molecule has 7 heteroatoms. The van der Waals surface area contributed by atoms with Crippen LogP contribution in [-0.2, 0) is 4.74 Å². The van der Waals surface area contributed by atoms with E-state index in [0.717, 1.165) is 0 Å². The minimum Gasteiger partial charge on any atom is -0.497 e. The first-order chi connectivity index (χ1) is 10.1. The number of hydrogen-bond donors (Lipinski definition) is 0. The number of halogens is 1. The fourth-order valence-corrected chi connectivity index (χ4v) is 1.93. The van der Waals surface area contributed by atoms with Crippen molar-refractivity contribution >= 4 is 17.6 Å². The Bertz CT molecular complexity index is 676. The second-order valence-electron chi connectivity index (χ2n) is 3.96. The van der Waals surface area contributed by atoms with Gasteiger partial charge in [-0.25, -0.2) is 14.8 Å². The largest absolute Gasteiger partial charge is 0.497 e. The van der Waals surface area contributed by atoms with Gasteiger partial charge >= 0.3 is 5.97 Å². The maximum absolute atomic E-state index is 11.5. The highest BCUT2D eigenvalue weighted by atomic mass is 35.5. The van der Waals surface area contributed by atoms with Crippen LogP contribution in [0, 0.1) is 0 Å². The molecule has 0 saturated carbocycles. The van der Waals surface area contributed by atoms with Crippen molar-refractivity contribution in [2.24, 2.45) is 0 Å². The maximum Gasteiger partial charge on any atom is 0.342 e. The molecular formula is C14H13ClN2O4. The quantitative estimate of drug-likeness (QED) is 0.638. The zero-order chi connectivity index (χ0) is 15.4. The summed E-state index contributed by atoms with van der Waals surface area (Å²) in [5.41, 5.74) is 0.743. The maximum atomic E-state index is 11.5. The summed E-state index contributed by atoms with van der Waals surface area (Å²) in [6.45, 7) is 0. The highest BCUT2D eigenvalue weighted by molar-refractivity contribution is 6.32. The number of ether oxygens (including phenoxy) is 3. The number of carbonyl (C=O) groups excluding carboxylic acids is 1. The molecule has 1 aromatic carbocycles. The van der Waals surface area contributed by atoms with Gasteiger partial charge in [-0.05, 0) is 12.1 Å². The lowest BCUT2D eigenvalue weighted by Gasteiger charge is -2.10. The van der Waals surface area contributed by atoms with Crippen molar-refractivity contribution in [3.8, 4) is 22.9 Å². The number of methoxy groups -OCH3 is 3. The molecule has 2 aromatic rings. The first-order valence-corrected chi connectivity index (χ1v) is 6.31. The average molecular weight is 309 g/mol. The second kappa shape index (κ2) is 6.41. The summed E-state index contributed by atoms with van der Waals surface area (Å²) in [6.07, 6.45) is 1.32. The molecular weight excluding hydrogens is 296 g/mol. The molecule has 0 aliphatic rings. The van der Waals surface area contributed by atoms with E-state index in [1.165, 1.54) is 20.4 Å². The molecule has 0 aliphatic carbocycles. The van der Waals surface area contributed by atoms with Gasteiger partial charge in [0, 0.05) is 12.3 Å². The molecule has 0 bridgehead atoms. The summed E-state index contributed by atoms with van der Waals surface area (Å²) in [7, 11) is 4.36.